The van der Waals surface area contributed by atoms with Gasteiger partial charge in [-0.3, -0.25) is 4.98 Å². The number of hydrogen-bond donors (Lipinski definition) is 1. The van der Waals surface area contributed by atoms with E-state index in [1.807, 2.05) is 0 Å². The maximum Gasteiger partial charge on any atom is 0.232 e. The van der Waals surface area contributed by atoms with Gasteiger partial charge in [0.05, 0.1) is 11.9 Å². The average molecular weight is 252 g/mol. The van der Waals surface area contributed by atoms with E-state index in [4.69, 9.17) is 4.74 Å². The Labute approximate surface area is 110 Å². The fourth-order valence-electron chi connectivity index (χ4n) is 1.61. The lowest BCUT2D eigenvalue weighted by atomic mass is 10.4. The van der Waals surface area contributed by atoms with Crippen molar-refractivity contribution in [1.29, 1.82) is 0 Å². The lowest BCUT2D eigenvalue weighted by molar-refractivity contribution is 0.217. The number of nitrogens with one attached hydrogen (secondary N) is 1. The first-order valence-corrected chi connectivity index (χ1v) is 6.66. The van der Waals surface area contributed by atoms with Crippen LogP contribution in [0.2, 0.25) is 0 Å². The van der Waals surface area contributed by atoms with E-state index in [1.165, 1.54) is 0 Å². The molecule has 0 aliphatic carbocycles. The molecule has 0 bridgehead atoms. The third-order valence-electron chi connectivity index (χ3n) is 2.77. The Morgan fingerprint density at radius 2 is 2.00 bits per heavy atom. The second-order valence-corrected chi connectivity index (χ2v) is 4.00. The normalized spacial score (nSPS) is 10.9. The van der Waals surface area contributed by atoms with Crippen LogP contribution in [0, 0.1) is 0 Å². The summed E-state index contributed by atoms with van der Waals surface area (Å²) in [5.41, 5.74) is 0.914. The highest BCUT2D eigenvalue weighted by molar-refractivity contribution is 5.08. The van der Waals surface area contributed by atoms with Crippen LogP contribution in [0.25, 0.3) is 0 Å². The van der Waals surface area contributed by atoms with Gasteiger partial charge in [-0.15, -0.1) is 0 Å². The molecule has 0 aliphatic rings. The smallest absolute Gasteiger partial charge is 0.232 e. The van der Waals surface area contributed by atoms with E-state index >= 15 is 0 Å². The second-order valence-electron chi connectivity index (χ2n) is 4.00. The van der Waals surface area contributed by atoms with Crippen molar-refractivity contribution in [3.05, 3.63) is 18.1 Å². The number of rotatable bonds is 9. The molecule has 1 N–H and O–H groups in total. The minimum Gasteiger partial charge on any atom is -0.475 e. The molecule has 1 aromatic heterocycles. The van der Waals surface area contributed by atoms with Crippen LogP contribution < -0.4 is 10.1 Å². The van der Waals surface area contributed by atoms with E-state index in [0.717, 1.165) is 38.4 Å². The van der Waals surface area contributed by atoms with Crippen LogP contribution in [0.4, 0.5) is 0 Å². The molecule has 0 aliphatic heterocycles. The van der Waals surface area contributed by atoms with Crippen LogP contribution in [0.3, 0.4) is 0 Å². The topological polar surface area (TPSA) is 50.3 Å². The zero-order valence-corrected chi connectivity index (χ0v) is 11.6. The lowest BCUT2D eigenvalue weighted by Crippen LogP contribution is -2.28. The Morgan fingerprint density at radius 3 is 2.67 bits per heavy atom. The van der Waals surface area contributed by atoms with Crippen molar-refractivity contribution in [3.63, 3.8) is 0 Å². The molecule has 0 saturated heterocycles. The van der Waals surface area contributed by atoms with Crippen LogP contribution >= 0.6 is 0 Å². The van der Waals surface area contributed by atoms with Crippen molar-refractivity contribution >= 4 is 0 Å². The molecule has 5 nitrogen and oxygen atoms in total. The van der Waals surface area contributed by atoms with Crippen molar-refractivity contribution in [2.24, 2.45) is 0 Å². The third kappa shape index (κ3) is 5.42. The quantitative estimate of drug-likeness (QED) is 0.718. The van der Waals surface area contributed by atoms with Crippen LogP contribution in [-0.4, -0.2) is 47.7 Å². The SMILES string of the molecule is CCNCc1cncc(OCCN(CC)CC)n1. The monoisotopic (exact) mass is 252 g/mol. The van der Waals surface area contributed by atoms with E-state index in [-0.39, 0.29) is 0 Å². The Morgan fingerprint density at radius 1 is 1.22 bits per heavy atom. The fraction of sp³-hybridized carbons (Fsp3) is 0.692. The molecule has 102 valence electrons. The molecule has 5 heteroatoms. The summed E-state index contributed by atoms with van der Waals surface area (Å²) in [7, 11) is 0. The van der Waals surface area contributed by atoms with E-state index < -0.39 is 0 Å². The van der Waals surface area contributed by atoms with Gasteiger partial charge in [-0.1, -0.05) is 20.8 Å². The molecule has 0 fully saturated rings. The molecule has 0 atom stereocenters. The van der Waals surface area contributed by atoms with Crippen molar-refractivity contribution in [2.75, 3.05) is 32.8 Å². The van der Waals surface area contributed by atoms with Gasteiger partial charge in [-0.05, 0) is 19.6 Å². The second kappa shape index (κ2) is 8.83. The first-order valence-electron chi connectivity index (χ1n) is 6.66. The molecular weight excluding hydrogens is 228 g/mol. The van der Waals surface area contributed by atoms with Gasteiger partial charge in [0.2, 0.25) is 5.88 Å². The van der Waals surface area contributed by atoms with Crippen LogP contribution in [0.15, 0.2) is 12.4 Å². The lowest BCUT2D eigenvalue weighted by Gasteiger charge is -2.17. The molecular formula is C13H24N4O. The number of aromatic nitrogens is 2. The number of ether oxygens (including phenoxy) is 1. The van der Waals surface area contributed by atoms with Gasteiger partial charge < -0.3 is 15.0 Å². The molecule has 1 aromatic rings. The van der Waals surface area contributed by atoms with Gasteiger partial charge in [-0.2, -0.15) is 0 Å². The zero-order valence-electron chi connectivity index (χ0n) is 11.6. The number of hydrogen-bond acceptors (Lipinski definition) is 5. The van der Waals surface area contributed by atoms with Crippen LogP contribution in [0.1, 0.15) is 26.5 Å². The third-order valence-corrected chi connectivity index (χ3v) is 2.77. The average Bonchev–Trinajstić information content (AvgIpc) is 2.42. The van der Waals surface area contributed by atoms with E-state index in [0.29, 0.717) is 12.5 Å². The first kappa shape index (κ1) is 14.9. The zero-order chi connectivity index (χ0) is 13.2. The van der Waals surface area contributed by atoms with Crippen LogP contribution in [0.5, 0.6) is 5.88 Å². The Balaban J connectivity index is 2.37. The van der Waals surface area contributed by atoms with Crippen molar-refractivity contribution < 1.29 is 4.74 Å². The Hall–Kier alpha value is -1.20. The summed E-state index contributed by atoms with van der Waals surface area (Å²) in [6, 6.07) is 0. The van der Waals surface area contributed by atoms with E-state index in [9.17, 15) is 0 Å². The first-order chi connectivity index (χ1) is 8.80. The largest absolute Gasteiger partial charge is 0.475 e. The molecule has 0 amide bonds. The van der Waals surface area contributed by atoms with Crippen molar-refractivity contribution in [1.82, 2.24) is 20.2 Å². The van der Waals surface area contributed by atoms with E-state index in [1.54, 1.807) is 12.4 Å². The molecule has 0 spiro atoms. The maximum atomic E-state index is 5.62. The molecule has 18 heavy (non-hydrogen) atoms. The summed E-state index contributed by atoms with van der Waals surface area (Å²) in [6.45, 7) is 11.7. The van der Waals surface area contributed by atoms with Gasteiger partial charge in [0.1, 0.15) is 6.61 Å². The predicted molar refractivity (Wildman–Crippen MR) is 72.7 cm³/mol. The maximum absolute atomic E-state index is 5.62. The van der Waals surface area contributed by atoms with Gasteiger partial charge in [0.25, 0.3) is 0 Å². The summed E-state index contributed by atoms with van der Waals surface area (Å²) in [5, 5.41) is 3.22. The van der Waals surface area contributed by atoms with Crippen molar-refractivity contribution in [2.45, 2.75) is 27.3 Å². The standard InChI is InChI=1S/C13H24N4O/c1-4-14-9-12-10-15-11-13(16-12)18-8-7-17(5-2)6-3/h10-11,14H,4-9H2,1-3H3. The Bertz CT molecular complexity index is 329. The fourth-order valence-corrected chi connectivity index (χ4v) is 1.61. The number of likely N-dealkylation sites (N-methyl/N-ethyl adjacent to an activating group) is 1. The van der Waals surface area contributed by atoms with Gasteiger partial charge in [0.15, 0.2) is 0 Å². The summed E-state index contributed by atoms with van der Waals surface area (Å²) in [6.07, 6.45) is 3.43. The van der Waals surface area contributed by atoms with Gasteiger partial charge in [-0.25, -0.2) is 4.98 Å². The number of nitrogens with zero attached hydrogens (tertiary/aromatic N) is 3. The predicted octanol–water partition coefficient (Wildman–Crippen LogP) is 1.31. The minimum atomic E-state index is 0.609. The minimum absolute atomic E-state index is 0.609. The molecule has 1 heterocycles. The highest BCUT2D eigenvalue weighted by Gasteiger charge is 2.02. The van der Waals surface area contributed by atoms with Crippen molar-refractivity contribution in [3.8, 4) is 5.88 Å². The van der Waals surface area contributed by atoms with Crippen LogP contribution in [-0.2, 0) is 6.54 Å². The summed E-state index contributed by atoms with van der Waals surface area (Å²) in [5.74, 6) is 0.609. The molecule has 0 radical (unpaired) electrons. The molecule has 0 aromatic carbocycles. The van der Waals surface area contributed by atoms with Gasteiger partial charge in [0, 0.05) is 19.3 Å². The summed E-state index contributed by atoms with van der Waals surface area (Å²) < 4.78 is 5.62. The summed E-state index contributed by atoms with van der Waals surface area (Å²) in [4.78, 5) is 10.8. The highest BCUT2D eigenvalue weighted by Crippen LogP contribution is 2.05. The molecule has 0 unspecified atom stereocenters. The summed E-state index contributed by atoms with van der Waals surface area (Å²) >= 11 is 0. The molecule has 0 saturated carbocycles. The highest BCUT2D eigenvalue weighted by atomic mass is 16.5. The molecule has 1 rings (SSSR count). The van der Waals surface area contributed by atoms with Gasteiger partial charge >= 0.3 is 0 Å². The van der Waals surface area contributed by atoms with E-state index in [2.05, 4.69) is 41.0 Å². The Kier molecular flexibility index (Phi) is 7.29.